The van der Waals surface area contributed by atoms with Crippen LogP contribution < -0.4 is 5.43 Å². The van der Waals surface area contributed by atoms with Gasteiger partial charge >= 0.3 is 0 Å². The van der Waals surface area contributed by atoms with Crippen LogP contribution in [0.1, 0.15) is 17.7 Å². The Morgan fingerprint density at radius 1 is 1.30 bits per heavy atom. The van der Waals surface area contributed by atoms with Gasteiger partial charge in [0, 0.05) is 24.2 Å². The molecule has 0 bridgehead atoms. The van der Waals surface area contributed by atoms with Crippen molar-refractivity contribution in [2.75, 3.05) is 0 Å². The lowest BCUT2D eigenvalue weighted by molar-refractivity contribution is -0.120. The molecule has 5 heteroatoms. The summed E-state index contributed by atoms with van der Waals surface area (Å²) in [5.74, 6) is -0.121. The fraction of sp³-hybridized carbons (Fsp3) is 0.200. The van der Waals surface area contributed by atoms with Crippen LogP contribution in [0, 0.1) is 0 Å². The molecule has 1 aromatic carbocycles. The predicted octanol–water partition coefficient (Wildman–Crippen LogP) is 2.61. The third-order valence-electron chi connectivity index (χ3n) is 3.31. The molecule has 0 saturated carbocycles. The van der Waals surface area contributed by atoms with Crippen molar-refractivity contribution in [2.45, 2.75) is 19.4 Å². The van der Waals surface area contributed by atoms with Crippen molar-refractivity contribution in [3.05, 3.63) is 58.9 Å². The Labute approximate surface area is 122 Å². The normalized spacial score (nSPS) is 15.3. The van der Waals surface area contributed by atoms with Crippen molar-refractivity contribution < 1.29 is 4.79 Å². The Morgan fingerprint density at radius 3 is 2.90 bits per heavy atom. The number of hydrogen-bond donors (Lipinski definition) is 1. The van der Waals surface area contributed by atoms with Gasteiger partial charge in [0.2, 0.25) is 5.91 Å². The standard InChI is InChI=1S/C15H14ClN3O/c16-12-5-3-11(4-6-12)10-15(20)18-17-13-7-9-19-8-1-2-14(13)19/h1-6,8H,7,9-10H2,(H,18,20)/b17-13-. The summed E-state index contributed by atoms with van der Waals surface area (Å²) in [6.45, 7) is 0.925. The van der Waals surface area contributed by atoms with E-state index in [1.807, 2.05) is 30.5 Å². The van der Waals surface area contributed by atoms with Gasteiger partial charge in [0.25, 0.3) is 0 Å². The molecular weight excluding hydrogens is 274 g/mol. The summed E-state index contributed by atoms with van der Waals surface area (Å²) in [5.41, 5.74) is 5.55. The fourth-order valence-electron chi connectivity index (χ4n) is 2.30. The molecule has 1 amide bonds. The summed E-state index contributed by atoms with van der Waals surface area (Å²) in [6, 6.07) is 11.2. The Bertz CT molecular complexity index is 658. The highest BCUT2D eigenvalue weighted by atomic mass is 35.5. The van der Waals surface area contributed by atoms with Crippen LogP contribution >= 0.6 is 11.6 Å². The first kappa shape index (κ1) is 12.9. The molecule has 1 aliphatic heterocycles. The molecule has 0 fully saturated rings. The van der Waals surface area contributed by atoms with Crippen LogP contribution in [0.3, 0.4) is 0 Å². The van der Waals surface area contributed by atoms with Gasteiger partial charge in [-0.2, -0.15) is 5.10 Å². The minimum Gasteiger partial charge on any atom is -0.346 e. The third-order valence-corrected chi connectivity index (χ3v) is 3.56. The van der Waals surface area contributed by atoms with Gasteiger partial charge in [0.15, 0.2) is 0 Å². The van der Waals surface area contributed by atoms with Crippen molar-refractivity contribution in [3.8, 4) is 0 Å². The summed E-state index contributed by atoms with van der Waals surface area (Å²) < 4.78 is 2.13. The van der Waals surface area contributed by atoms with Crippen LogP contribution in [0.25, 0.3) is 0 Å². The lowest BCUT2D eigenvalue weighted by Gasteiger charge is -2.02. The lowest BCUT2D eigenvalue weighted by atomic mass is 10.1. The molecule has 2 heterocycles. The number of rotatable bonds is 3. The molecule has 20 heavy (non-hydrogen) atoms. The second-order valence-electron chi connectivity index (χ2n) is 4.73. The topological polar surface area (TPSA) is 46.4 Å². The van der Waals surface area contributed by atoms with Gasteiger partial charge < -0.3 is 4.57 Å². The number of halogens is 1. The molecule has 4 nitrogen and oxygen atoms in total. The maximum absolute atomic E-state index is 11.8. The van der Waals surface area contributed by atoms with E-state index in [-0.39, 0.29) is 5.91 Å². The zero-order chi connectivity index (χ0) is 13.9. The van der Waals surface area contributed by atoms with E-state index in [2.05, 4.69) is 15.1 Å². The molecule has 1 N–H and O–H groups in total. The minimum atomic E-state index is -0.121. The van der Waals surface area contributed by atoms with Crippen molar-refractivity contribution >= 4 is 23.2 Å². The molecule has 0 unspecified atom stereocenters. The number of carbonyl (C=O) groups excluding carboxylic acids is 1. The van der Waals surface area contributed by atoms with E-state index in [4.69, 9.17) is 11.6 Å². The maximum Gasteiger partial charge on any atom is 0.244 e. The van der Waals surface area contributed by atoms with E-state index >= 15 is 0 Å². The summed E-state index contributed by atoms with van der Waals surface area (Å²) >= 11 is 5.81. The molecule has 0 atom stereocenters. The number of carbonyl (C=O) groups is 1. The smallest absolute Gasteiger partial charge is 0.244 e. The largest absolute Gasteiger partial charge is 0.346 e. The van der Waals surface area contributed by atoms with Crippen molar-refractivity contribution in [1.82, 2.24) is 9.99 Å². The summed E-state index contributed by atoms with van der Waals surface area (Å²) in [5, 5.41) is 4.89. The quantitative estimate of drug-likeness (QED) is 0.867. The first-order valence-electron chi connectivity index (χ1n) is 6.48. The molecule has 0 radical (unpaired) electrons. The summed E-state index contributed by atoms with van der Waals surface area (Å²) in [4.78, 5) is 11.8. The number of aryl methyl sites for hydroxylation is 1. The average molecular weight is 288 g/mol. The molecule has 3 rings (SSSR count). The van der Waals surface area contributed by atoms with E-state index in [0.29, 0.717) is 11.4 Å². The Balaban J connectivity index is 1.62. The van der Waals surface area contributed by atoms with Crippen LogP contribution in [-0.2, 0) is 17.8 Å². The van der Waals surface area contributed by atoms with Gasteiger partial charge in [-0.05, 0) is 29.8 Å². The Kier molecular flexibility index (Phi) is 3.56. The second-order valence-corrected chi connectivity index (χ2v) is 5.17. The van der Waals surface area contributed by atoms with Crippen LogP contribution in [0.4, 0.5) is 0 Å². The van der Waals surface area contributed by atoms with Gasteiger partial charge in [-0.3, -0.25) is 4.79 Å². The zero-order valence-corrected chi connectivity index (χ0v) is 11.6. The number of nitrogens with one attached hydrogen (secondary N) is 1. The first-order valence-corrected chi connectivity index (χ1v) is 6.85. The first-order chi connectivity index (χ1) is 9.72. The molecule has 1 aliphatic rings. The van der Waals surface area contributed by atoms with Crippen LogP contribution in [0.15, 0.2) is 47.7 Å². The number of hydrazone groups is 1. The highest BCUT2D eigenvalue weighted by Crippen LogP contribution is 2.15. The van der Waals surface area contributed by atoms with E-state index in [0.717, 1.165) is 29.9 Å². The third kappa shape index (κ3) is 2.75. The second kappa shape index (κ2) is 5.51. The number of fused-ring (bicyclic) bond motifs is 1. The van der Waals surface area contributed by atoms with Crippen molar-refractivity contribution in [1.29, 1.82) is 0 Å². The average Bonchev–Trinajstić information content (AvgIpc) is 3.02. The fourth-order valence-corrected chi connectivity index (χ4v) is 2.42. The van der Waals surface area contributed by atoms with E-state index in [9.17, 15) is 4.79 Å². The van der Waals surface area contributed by atoms with Crippen LogP contribution in [-0.4, -0.2) is 16.2 Å². The molecular formula is C15H14ClN3O. The van der Waals surface area contributed by atoms with E-state index in [1.54, 1.807) is 12.1 Å². The number of benzene rings is 1. The predicted molar refractivity (Wildman–Crippen MR) is 78.9 cm³/mol. The van der Waals surface area contributed by atoms with Gasteiger partial charge in [-0.15, -0.1) is 0 Å². The lowest BCUT2D eigenvalue weighted by Crippen LogP contribution is -2.21. The van der Waals surface area contributed by atoms with Gasteiger partial charge in [-0.25, -0.2) is 5.43 Å². The van der Waals surface area contributed by atoms with E-state index in [1.165, 1.54) is 0 Å². The Morgan fingerprint density at radius 2 is 2.10 bits per heavy atom. The summed E-state index contributed by atoms with van der Waals surface area (Å²) in [7, 11) is 0. The van der Waals surface area contributed by atoms with Gasteiger partial charge in [0.1, 0.15) is 0 Å². The summed E-state index contributed by atoms with van der Waals surface area (Å²) in [6.07, 6.45) is 3.18. The monoisotopic (exact) mass is 287 g/mol. The SMILES string of the molecule is O=C(Cc1ccc(Cl)cc1)N/N=C1/CCn2cccc21. The minimum absolute atomic E-state index is 0.121. The molecule has 1 aromatic heterocycles. The van der Waals surface area contributed by atoms with Gasteiger partial charge in [0.05, 0.1) is 17.8 Å². The number of aromatic nitrogens is 1. The number of hydrogen-bond acceptors (Lipinski definition) is 2. The highest BCUT2D eigenvalue weighted by molar-refractivity contribution is 6.30. The van der Waals surface area contributed by atoms with Gasteiger partial charge in [-0.1, -0.05) is 23.7 Å². The Hall–Kier alpha value is -2.07. The highest BCUT2D eigenvalue weighted by Gasteiger charge is 2.16. The van der Waals surface area contributed by atoms with Crippen molar-refractivity contribution in [3.63, 3.8) is 0 Å². The van der Waals surface area contributed by atoms with Crippen LogP contribution in [0.2, 0.25) is 5.02 Å². The molecule has 2 aromatic rings. The number of amides is 1. The molecule has 0 spiro atoms. The number of nitrogens with zero attached hydrogens (tertiary/aromatic N) is 2. The zero-order valence-electron chi connectivity index (χ0n) is 10.8. The molecule has 102 valence electrons. The molecule has 0 saturated heterocycles. The maximum atomic E-state index is 11.8. The van der Waals surface area contributed by atoms with Crippen LogP contribution in [0.5, 0.6) is 0 Å². The van der Waals surface area contributed by atoms with Crippen molar-refractivity contribution in [2.24, 2.45) is 5.10 Å². The molecule has 0 aliphatic carbocycles. The van der Waals surface area contributed by atoms with E-state index < -0.39 is 0 Å².